The monoisotopic (exact) mass is 353 g/mol. The van der Waals surface area contributed by atoms with Crippen molar-refractivity contribution < 1.29 is 17.7 Å². The van der Waals surface area contributed by atoms with Gasteiger partial charge < -0.3 is 14.7 Å². The van der Waals surface area contributed by atoms with E-state index in [4.69, 9.17) is 4.52 Å². The van der Waals surface area contributed by atoms with Crippen molar-refractivity contribution >= 4 is 21.9 Å². The topological polar surface area (TPSA) is 109 Å². The maximum Gasteiger partial charge on any atom is 0.265 e. The molecule has 0 aliphatic carbocycles. The van der Waals surface area contributed by atoms with Crippen LogP contribution in [0, 0.1) is 0 Å². The first-order chi connectivity index (χ1) is 11.2. The number of sulfonamides is 1. The molecule has 0 fully saturated rings. The van der Waals surface area contributed by atoms with E-state index >= 15 is 0 Å². The summed E-state index contributed by atoms with van der Waals surface area (Å²) < 4.78 is 30.3. The van der Waals surface area contributed by atoms with Crippen LogP contribution in [0.5, 0.6) is 0 Å². The van der Waals surface area contributed by atoms with Gasteiger partial charge in [0, 0.05) is 33.8 Å². The third-order valence-electron chi connectivity index (χ3n) is 3.13. The van der Waals surface area contributed by atoms with Gasteiger partial charge in [0.05, 0.1) is 11.4 Å². The lowest BCUT2D eigenvalue weighted by Gasteiger charge is -2.12. The smallest absolute Gasteiger partial charge is 0.265 e. The van der Waals surface area contributed by atoms with Crippen LogP contribution in [0.4, 0.5) is 5.95 Å². The first-order valence-corrected chi connectivity index (χ1v) is 8.46. The van der Waals surface area contributed by atoms with Crippen LogP contribution in [0.1, 0.15) is 16.2 Å². The molecule has 1 heterocycles. The SMILES string of the molecule is CN(C)c1noc(CNC(=O)c2cccc(S(=O)(=O)N(C)C)c2)n1. The number of amides is 1. The first kappa shape index (κ1) is 17.9. The van der Waals surface area contributed by atoms with E-state index in [0.717, 1.165) is 4.31 Å². The van der Waals surface area contributed by atoms with E-state index in [-0.39, 0.29) is 22.9 Å². The van der Waals surface area contributed by atoms with Gasteiger partial charge in [0.15, 0.2) is 0 Å². The van der Waals surface area contributed by atoms with Crippen molar-refractivity contribution in [3.8, 4) is 0 Å². The highest BCUT2D eigenvalue weighted by Gasteiger charge is 2.19. The maximum atomic E-state index is 12.2. The number of anilines is 1. The molecule has 0 bridgehead atoms. The second kappa shape index (κ2) is 6.97. The number of benzene rings is 1. The van der Waals surface area contributed by atoms with Gasteiger partial charge in [-0.1, -0.05) is 6.07 Å². The zero-order chi connectivity index (χ0) is 17.9. The summed E-state index contributed by atoms with van der Waals surface area (Å²) in [6.45, 7) is 0.0460. The van der Waals surface area contributed by atoms with E-state index in [9.17, 15) is 13.2 Å². The molecule has 1 N–H and O–H groups in total. The van der Waals surface area contributed by atoms with Gasteiger partial charge in [-0.3, -0.25) is 4.79 Å². The largest absolute Gasteiger partial charge is 0.344 e. The highest BCUT2D eigenvalue weighted by Crippen LogP contribution is 2.15. The van der Waals surface area contributed by atoms with Crippen molar-refractivity contribution in [3.63, 3.8) is 0 Å². The van der Waals surface area contributed by atoms with Gasteiger partial charge in [0.1, 0.15) is 0 Å². The van der Waals surface area contributed by atoms with Crippen LogP contribution in [-0.2, 0) is 16.6 Å². The molecular weight excluding hydrogens is 334 g/mol. The fourth-order valence-electron chi connectivity index (χ4n) is 1.77. The van der Waals surface area contributed by atoms with Crippen LogP contribution in [-0.4, -0.2) is 57.0 Å². The lowest BCUT2D eigenvalue weighted by Crippen LogP contribution is -2.25. The summed E-state index contributed by atoms with van der Waals surface area (Å²) >= 11 is 0. The Morgan fingerprint density at radius 3 is 2.54 bits per heavy atom. The average molecular weight is 353 g/mol. The lowest BCUT2D eigenvalue weighted by molar-refractivity contribution is 0.0946. The Morgan fingerprint density at radius 2 is 1.96 bits per heavy atom. The summed E-state index contributed by atoms with van der Waals surface area (Å²) in [4.78, 5) is 18.0. The first-order valence-electron chi connectivity index (χ1n) is 7.02. The van der Waals surface area contributed by atoms with Crippen LogP contribution in [0.3, 0.4) is 0 Å². The molecule has 0 atom stereocenters. The number of hydrogen-bond acceptors (Lipinski definition) is 7. The molecule has 0 aliphatic heterocycles. The molecule has 0 saturated carbocycles. The van der Waals surface area contributed by atoms with E-state index in [0.29, 0.717) is 5.95 Å². The summed E-state index contributed by atoms with van der Waals surface area (Å²) in [6, 6.07) is 5.81. The maximum absolute atomic E-state index is 12.2. The van der Waals surface area contributed by atoms with Crippen molar-refractivity contribution in [2.45, 2.75) is 11.4 Å². The van der Waals surface area contributed by atoms with Crippen molar-refractivity contribution in [3.05, 3.63) is 35.7 Å². The molecule has 1 aromatic heterocycles. The predicted octanol–water partition coefficient (Wildman–Crippen LogP) is 0.316. The highest BCUT2D eigenvalue weighted by molar-refractivity contribution is 7.89. The minimum atomic E-state index is -3.60. The van der Waals surface area contributed by atoms with Gasteiger partial charge >= 0.3 is 0 Å². The summed E-state index contributed by atoms with van der Waals surface area (Å²) in [5.41, 5.74) is 0.227. The molecule has 0 aliphatic rings. The van der Waals surface area contributed by atoms with Gasteiger partial charge in [0.2, 0.25) is 15.9 Å². The molecule has 0 saturated heterocycles. The molecule has 1 aromatic carbocycles. The normalized spacial score (nSPS) is 11.5. The third kappa shape index (κ3) is 3.89. The number of carbonyl (C=O) groups excluding carboxylic acids is 1. The second-order valence-electron chi connectivity index (χ2n) is 5.38. The quantitative estimate of drug-likeness (QED) is 0.796. The fourth-order valence-corrected chi connectivity index (χ4v) is 2.71. The van der Waals surface area contributed by atoms with Gasteiger partial charge in [-0.25, -0.2) is 12.7 Å². The summed E-state index contributed by atoms with van der Waals surface area (Å²) in [7, 11) is 2.80. The van der Waals surface area contributed by atoms with Gasteiger partial charge in [-0.05, 0) is 23.4 Å². The molecule has 0 spiro atoms. The van der Waals surface area contributed by atoms with Crippen molar-refractivity contribution in [1.82, 2.24) is 19.8 Å². The minimum Gasteiger partial charge on any atom is -0.344 e. The Kier molecular flexibility index (Phi) is 5.20. The standard InChI is InChI=1S/C14H19N5O4S/c1-18(2)14-16-12(23-17-14)9-15-13(20)10-6-5-7-11(8-10)24(21,22)19(3)4/h5-8H,9H2,1-4H3,(H,15,20). The van der Waals surface area contributed by atoms with Gasteiger partial charge in [0.25, 0.3) is 11.9 Å². The van der Waals surface area contributed by atoms with Crippen LogP contribution in [0.15, 0.2) is 33.7 Å². The summed E-state index contributed by atoms with van der Waals surface area (Å²) in [5, 5.41) is 6.35. The Hall–Kier alpha value is -2.46. The molecule has 0 unspecified atom stereocenters. The summed E-state index contributed by atoms with van der Waals surface area (Å²) in [5.74, 6) is 0.220. The third-order valence-corrected chi connectivity index (χ3v) is 4.94. The average Bonchev–Trinajstić information content (AvgIpc) is 3.01. The van der Waals surface area contributed by atoms with E-state index < -0.39 is 15.9 Å². The summed E-state index contributed by atoms with van der Waals surface area (Å²) in [6.07, 6.45) is 0. The number of nitrogens with zero attached hydrogens (tertiary/aromatic N) is 4. The van der Waals surface area contributed by atoms with Crippen molar-refractivity contribution in [2.75, 3.05) is 33.1 Å². The van der Waals surface area contributed by atoms with Crippen LogP contribution >= 0.6 is 0 Å². The van der Waals surface area contributed by atoms with E-state index in [1.165, 1.54) is 38.4 Å². The van der Waals surface area contributed by atoms with Gasteiger partial charge in [-0.2, -0.15) is 4.98 Å². The zero-order valence-corrected chi connectivity index (χ0v) is 14.7. The predicted molar refractivity (Wildman–Crippen MR) is 87.1 cm³/mol. The molecule has 10 heteroatoms. The Morgan fingerprint density at radius 1 is 1.25 bits per heavy atom. The Labute approximate surface area is 140 Å². The fraction of sp³-hybridized carbons (Fsp3) is 0.357. The second-order valence-corrected chi connectivity index (χ2v) is 7.53. The number of nitrogens with one attached hydrogen (secondary N) is 1. The lowest BCUT2D eigenvalue weighted by atomic mass is 10.2. The number of rotatable bonds is 6. The molecular formula is C14H19N5O4S. The molecule has 2 rings (SSSR count). The number of carbonyl (C=O) groups is 1. The van der Waals surface area contributed by atoms with E-state index in [2.05, 4.69) is 15.5 Å². The Balaban J connectivity index is 2.10. The molecule has 0 radical (unpaired) electrons. The highest BCUT2D eigenvalue weighted by atomic mass is 32.2. The Bertz CT molecular complexity index is 829. The zero-order valence-electron chi connectivity index (χ0n) is 13.8. The molecule has 1 amide bonds. The van der Waals surface area contributed by atoms with Crippen molar-refractivity contribution in [1.29, 1.82) is 0 Å². The van der Waals surface area contributed by atoms with Crippen molar-refractivity contribution in [2.24, 2.45) is 0 Å². The molecule has 9 nitrogen and oxygen atoms in total. The van der Waals surface area contributed by atoms with E-state index in [1.807, 2.05) is 0 Å². The van der Waals surface area contributed by atoms with Crippen LogP contribution < -0.4 is 10.2 Å². The number of aromatic nitrogens is 2. The molecule has 130 valence electrons. The van der Waals surface area contributed by atoms with E-state index in [1.54, 1.807) is 19.0 Å². The molecule has 2 aromatic rings. The van der Waals surface area contributed by atoms with Crippen LogP contribution in [0.2, 0.25) is 0 Å². The van der Waals surface area contributed by atoms with Gasteiger partial charge in [-0.15, -0.1) is 0 Å². The number of hydrogen-bond donors (Lipinski definition) is 1. The minimum absolute atomic E-state index is 0.0460. The molecule has 24 heavy (non-hydrogen) atoms. The van der Waals surface area contributed by atoms with Crippen LogP contribution in [0.25, 0.3) is 0 Å².